The Balaban J connectivity index is 1.76. The van der Waals surface area contributed by atoms with E-state index in [9.17, 15) is 19.8 Å². The summed E-state index contributed by atoms with van der Waals surface area (Å²) in [4.78, 5) is 25.6. The zero-order chi connectivity index (χ0) is 21.0. The number of benzene rings is 1. The van der Waals surface area contributed by atoms with Crippen LogP contribution in [0.4, 0.5) is 5.69 Å². The smallest absolute Gasteiger partial charge is 0.338 e. The predicted molar refractivity (Wildman–Crippen MR) is 107 cm³/mol. The van der Waals surface area contributed by atoms with E-state index >= 15 is 0 Å². The van der Waals surface area contributed by atoms with Gasteiger partial charge in [-0.05, 0) is 51.0 Å². The van der Waals surface area contributed by atoms with E-state index in [1.807, 2.05) is 4.90 Å². The summed E-state index contributed by atoms with van der Waals surface area (Å²) in [6.45, 7) is 5.32. The van der Waals surface area contributed by atoms with Gasteiger partial charge in [0.05, 0.1) is 30.4 Å². The van der Waals surface area contributed by atoms with E-state index in [1.165, 1.54) is 10.6 Å². The summed E-state index contributed by atoms with van der Waals surface area (Å²) in [5, 5.41) is 21.1. The molecule has 29 heavy (non-hydrogen) atoms. The molecular formula is C21H26N2O6. The summed E-state index contributed by atoms with van der Waals surface area (Å²) < 4.78 is 11.4. The first-order valence-electron chi connectivity index (χ1n) is 9.79. The molecule has 1 aromatic heterocycles. The van der Waals surface area contributed by atoms with Gasteiger partial charge in [0.1, 0.15) is 5.69 Å². The number of aromatic nitrogens is 1. The van der Waals surface area contributed by atoms with Crippen LogP contribution in [0, 0.1) is 5.92 Å². The fourth-order valence-corrected chi connectivity index (χ4v) is 3.54. The number of piperidine rings is 1. The van der Waals surface area contributed by atoms with Crippen LogP contribution in [0.1, 0.15) is 37.0 Å². The molecule has 1 fully saturated rings. The third-order valence-electron chi connectivity index (χ3n) is 5.03. The second kappa shape index (κ2) is 8.89. The van der Waals surface area contributed by atoms with Gasteiger partial charge in [-0.15, -0.1) is 0 Å². The minimum Gasteiger partial charge on any atom is -0.494 e. The molecule has 0 saturated carbocycles. The fourth-order valence-electron chi connectivity index (χ4n) is 3.54. The van der Waals surface area contributed by atoms with Gasteiger partial charge in [0, 0.05) is 19.2 Å². The topological polar surface area (TPSA) is 101 Å². The van der Waals surface area contributed by atoms with Crippen LogP contribution in [0.3, 0.4) is 0 Å². The maximum Gasteiger partial charge on any atom is 0.338 e. The first-order valence-corrected chi connectivity index (χ1v) is 9.79. The van der Waals surface area contributed by atoms with Gasteiger partial charge in [-0.2, -0.15) is 0 Å². The van der Waals surface area contributed by atoms with E-state index in [2.05, 4.69) is 0 Å². The number of esters is 2. The summed E-state index contributed by atoms with van der Waals surface area (Å²) in [5.41, 5.74) is 1.41. The molecule has 1 aliphatic rings. The molecule has 3 rings (SSSR count). The van der Waals surface area contributed by atoms with E-state index in [-0.39, 0.29) is 30.3 Å². The lowest BCUT2D eigenvalue weighted by atomic mass is 9.97. The van der Waals surface area contributed by atoms with Crippen molar-refractivity contribution in [2.24, 2.45) is 5.92 Å². The van der Waals surface area contributed by atoms with E-state index in [0.29, 0.717) is 49.5 Å². The van der Waals surface area contributed by atoms with Crippen molar-refractivity contribution in [2.45, 2.75) is 26.7 Å². The van der Waals surface area contributed by atoms with Crippen LogP contribution >= 0.6 is 0 Å². The molecule has 2 N–H and O–H groups in total. The van der Waals surface area contributed by atoms with Crippen molar-refractivity contribution in [1.29, 1.82) is 0 Å². The number of carbonyl (C=O) groups excluding carboxylic acids is 2. The largest absolute Gasteiger partial charge is 0.494 e. The van der Waals surface area contributed by atoms with Crippen LogP contribution in [-0.2, 0) is 14.3 Å². The summed E-state index contributed by atoms with van der Waals surface area (Å²) in [6, 6.07) is 7.91. The molecule has 8 nitrogen and oxygen atoms in total. The molecule has 0 spiro atoms. The Hall–Kier alpha value is -3.16. The highest BCUT2D eigenvalue weighted by atomic mass is 16.5. The van der Waals surface area contributed by atoms with Gasteiger partial charge in [0.15, 0.2) is 0 Å². The Bertz CT molecular complexity index is 866. The molecule has 2 heterocycles. The van der Waals surface area contributed by atoms with Gasteiger partial charge in [-0.25, -0.2) is 9.36 Å². The summed E-state index contributed by atoms with van der Waals surface area (Å²) >= 11 is 0. The maximum absolute atomic E-state index is 11.9. The van der Waals surface area contributed by atoms with Crippen molar-refractivity contribution in [3.63, 3.8) is 0 Å². The van der Waals surface area contributed by atoms with Crippen molar-refractivity contribution < 1.29 is 29.3 Å². The van der Waals surface area contributed by atoms with Crippen molar-refractivity contribution >= 4 is 17.6 Å². The molecule has 0 unspecified atom stereocenters. The van der Waals surface area contributed by atoms with Gasteiger partial charge in [0.2, 0.25) is 11.8 Å². The zero-order valence-corrected chi connectivity index (χ0v) is 16.6. The van der Waals surface area contributed by atoms with Crippen molar-refractivity contribution in [3.8, 4) is 17.4 Å². The number of carbonyl (C=O) groups is 2. The van der Waals surface area contributed by atoms with Crippen LogP contribution in [0.5, 0.6) is 11.8 Å². The van der Waals surface area contributed by atoms with Gasteiger partial charge in [-0.3, -0.25) is 4.79 Å². The second-order valence-electron chi connectivity index (χ2n) is 6.83. The Labute approximate surface area is 169 Å². The Morgan fingerprint density at radius 2 is 1.66 bits per heavy atom. The normalized spacial score (nSPS) is 14.6. The average Bonchev–Trinajstić information content (AvgIpc) is 3.02. The minimum atomic E-state index is -0.426. The lowest BCUT2D eigenvalue weighted by molar-refractivity contribution is -0.148. The Morgan fingerprint density at radius 3 is 2.24 bits per heavy atom. The van der Waals surface area contributed by atoms with Gasteiger partial charge in [-0.1, -0.05) is 0 Å². The average molecular weight is 402 g/mol. The van der Waals surface area contributed by atoms with Crippen molar-refractivity contribution in [2.75, 3.05) is 31.2 Å². The monoisotopic (exact) mass is 402 g/mol. The van der Waals surface area contributed by atoms with Gasteiger partial charge >= 0.3 is 11.9 Å². The summed E-state index contributed by atoms with van der Waals surface area (Å²) in [6.07, 6.45) is 1.25. The van der Waals surface area contributed by atoms with E-state index in [4.69, 9.17) is 9.47 Å². The zero-order valence-electron chi connectivity index (χ0n) is 16.6. The first kappa shape index (κ1) is 20.6. The number of hydrogen-bond donors (Lipinski definition) is 2. The SMILES string of the molecule is CCOC(=O)c1ccc(-n2c(O)cc(N3CCC(C(=O)OCC)CC3)c2O)cc1. The number of anilines is 1. The molecule has 0 aliphatic carbocycles. The third-order valence-corrected chi connectivity index (χ3v) is 5.03. The number of ether oxygens (including phenoxy) is 2. The third kappa shape index (κ3) is 4.31. The first-order chi connectivity index (χ1) is 14.0. The standard InChI is InChI=1S/C21H26N2O6/c1-3-28-20(26)14-5-7-16(8-6-14)23-18(24)13-17(19(23)25)22-11-9-15(10-12-22)21(27)29-4-2/h5-8,13,15,24-25H,3-4,9-12H2,1-2H3. The molecule has 156 valence electrons. The van der Waals surface area contributed by atoms with E-state index < -0.39 is 5.97 Å². The fraction of sp³-hybridized carbons (Fsp3) is 0.429. The highest BCUT2D eigenvalue weighted by Gasteiger charge is 2.29. The Morgan fingerprint density at radius 1 is 1.03 bits per heavy atom. The number of aromatic hydroxyl groups is 2. The van der Waals surface area contributed by atoms with Crippen LogP contribution in [-0.4, -0.2) is 53.0 Å². The molecule has 0 amide bonds. The minimum absolute atomic E-state index is 0.0963. The van der Waals surface area contributed by atoms with Crippen LogP contribution in [0.25, 0.3) is 5.69 Å². The van der Waals surface area contributed by atoms with Crippen molar-refractivity contribution in [1.82, 2.24) is 4.57 Å². The molecule has 0 radical (unpaired) electrons. The van der Waals surface area contributed by atoms with Gasteiger partial charge in [0.25, 0.3) is 0 Å². The summed E-state index contributed by atoms with van der Waals surface area (Å²) in [7, 11) is 0. The molecule has 2 aromatic rings. The number of hydrogen-bond acceptors (Lipinski definition) is 7. The molecule has 0 atom stereocenters. The summed E-state index contributed by atoms with van der Waals surface area (Å²) in [5.74, 6) is -0.960. The van der Waals surface area contributed by atoms with Crippen molar-refractivity contribution in [3.05, 3.63) is 35.9 Å². The number of nitrogens with zero attached hydrogens (tertiary/aromatic N) is 2. The lowest BCUT2D eigenvalue weighted by Crippen LogP contribution is -2.36. The lowest BCUT2D eigenvalue weighted by Gasteiger charge is -2.31. The van der Waals surface area contributed by atoms with Gasteiger partial charge < -0.3 is 24.6 Å². The molecule has 1 saturated heterocycles. The maximum atomic E-state index is 11.9. The quantitative estimate of drug-likeness (QED) is 0.717. The molecule has 8 heteroatoms. The highest BCUT2D eigenvalue weighted by molar-refractivity contribution is 5.89. The molecule has 1 aromatic carbocycles. The van der Waals surface area contributed by atoms with Crippen LogP contribution < -0.4 is 4.90 Å². The second-order valence-corrected chi connectivity index (χ2v) is 6.83. The molecule has 1 aliphatic heterocycles. The van der Waals surface area contributed by atoms with Crippen LogP contribution in [0.2, 0.25) is 0 Å². The van der Waals surface area contributed by atoms with Crippen LogP contribution in [0.15, 0.2) is 30.3 Å². The highest BCUT2D eigenvalue weighted by Crippen LogP contribution is 2.39. The molecule has 0 bridgehead atoms. The van der Waals surface area contributed by atoms with E-state index in [1.54, 1.807) is 38.1 Å². The predicted octanol–water partition coefficient (Wildman–Crippen LogP) is 2.84. The Kier molecular flexibility index (Phi) is 6.31. The molecular weight excluding hydrogens is 376 g/mol. The number of rotatable bonds is 6. The van der Waals surface area contributed by atoms with E-state index in [0.717, 1.165) is 0 Å².